The summed E-state index contributed by atoms with van der Waals surface area (Å²) in [6.45, 7) is 1.65. The molecular weight excluding hydrogens is 127 g/mol. The summed E-state index contributed by atoms with van der Waals surface area (Å²) in [6.07, 6.45) is 0. The summed E-state index contributed by atoms with van der Waals surface area (Å²) >= 11 is -1.57. The van der Waals surface area contributed by atoms with Crippen LogP contribution in [0.2, 0.25) is 0 Å². The van der Waals surface area contributed by atoms with Crippen LogP contribution in [0.15, 0.2) is 0 Å². The summed E-state index contributed by atoms with van der Waals surface area (Å²) in [7, 11) is 0. The first-order chi connectivity index (χ1) is 2.27. The second-order valence-electron chi connectivity index (χ2n) is 0.610. The molecule has 1 N–H and O–H groups in total. The third-order valence-electron chi connectivity index (χ3n) is 0.247. The minimum absolute atomic E-state index is 0. The van der Waals surface area contributed by atoms with E-state index in [0.717, 1.165) is 0 Å². The van der Waals surface area contributed by atoms with Crippen LogP contribution in [-0.4, -0.2) is 14.5 Å². The van der Waals surface area contributed by atoms with Crippen molar-refractivity contribution in [1.29, 1.82) is 0 Å². The third kappa shape index (κ3) is 9.22. The molecule has 0 aliphatic rings. The van der Waals surface area contributed by atoms with E-state index in [0.29, 0.717) is 5.75 Å². The second-order valence-corrected chi connectivity index (χ2v) is 1.83. The molecule has 0 saturated carbocycles. The molecule has 0 aromatic carbocycles. The van der Waals surface area contributed by atoms with Crippen LogP contribution < -0.4 is 51.4 Å². The van der Waals surface area contributed by atoms with Gasteiger partial charge < -0.3 is 5.98 Å². The Morgan fingerprint density at radius 1 is 2.00 bits per heavy atom. The van der Waals surface area contributed by atoms with Gasteiger partial charge >= 0.3 is 51.4 Å². The van der Waals surface area contributed by atoms with Gasteiger partial charge in [0.2, 0.25) is 0 Å². The largest absolute Gasteiger partial charge is 1.00 e. The van der Waals surface area contributed by atoms with Crippen molar-refractivity contribution >= 4 is 11.1 Å². The van der Waals surface area contributed by atoms with Crippen molar-refractivity contribution in [1.82, 2.24) is 0 Å². The molecule has 0 heterocycles. The molecule has 0 aliphatic carbocycles. The van der Waals surface area contributed by atoms with Crippen molar-refractivity contribution < 1.29 is 61.6 Å². The summed E-state index contributed by atoms with van der Waals surface area (Å²) < 4.78 is 17.3. The molecule has 6 heavy (non-hydrogen) atoms. The van der Waals surface area contributed by atoms with Gasteiger partial charge in [-0.05, 0) is 0 Å². The number of hydrogen-bond acceptors (Lipinski definition) is 1. The van der Waals surface area contributed by atoms with Gasteiger partial charge in [-0.3, -0.25) is 0 Å². The molecule has 34 valence electrons. The molecule has 0 rings (SSSR count). The summed E-state index contributed by atoms with van der Waals surface area (Å²) in [5.74, 6) is 0.333. The number of rotatable bonds is 1. The van der Waals surface area contributed by atoms with Crippen molar-refractivity contribution in [2.75, 3.05) is 5.75 Å². The first kappa shape index (κ1) is 10.7. The standard InChI is InChI=1S/C2H6O2S.K.H/c1-2-5(3)4;;/h2H2,1H3,(H,3,4);;/q;+1;-1. The monoisotopic (exact) mass is 134 g/mol. The molecular formula is C2H7KO2S. The van der Waals surface area contributed by atoms with Crippen molar-refractivity contribution in [3.63, 3.8) is 0 Å². The Morgan fingerprint density at radius 2 is 2.17 bits per heavy atom. The van der Waals surface area contributed by atoms with Crippen molar-refractivity contribution in [2.45, 2.75) is 6.92 Å². The van der Waals surface area contributed by atoms with Gasteiger partial charge in [-0.15, -0.1) is 0 Å². The van der Waals surface area contributed by atoms with Crippen LogP contribution in [0.4, 0.5) is 0 Å². The molecule has 2 nitrogen and oxygen atoms in total. The van der Waals surface area contributed by atoms with Gasteiger partial charge in [0, 0.05) is 5.75 Å². The Bertz CT molecular complexity index is 51.0. The quantitative estimate of drug-likeness (QED) is 0.314. The predicted octanol–water partition coefficient (Wildman–Crippen LogP) is -2.66. The van der Waals surface area contributed by atoms with Crippen LogP contribution in [0, 0.1) is 0 Å². The first-order valence-electron chi connectivity index (χ1n) is 1.35. The fourth-order valence-corrected chi connectivity index (χ4v) is 0. The molecule has 0 fully saturated rings. The third-order valence-corrected chi connectivity index (χ3v) is 0.741. The van der Waals surface area contributed by atoms with E-state index in [1.165, 1.54) is 0 Å². The topological polar surface area (TPSA) is 37.3 Å². The molecule has 4 heteroatoms. The molecule has 1 atom stereocenters. The van der Waals surface area contributed by atoms with E-state index in [2.05, 4.69) is 0 Å². The Hall–Kier alpha value is 1.75. The van der Waals surface area contributed by atoms with Gasteiger partial charge in [0.1, 0.15) is 0 Å². The van der Waals surface area contributed by atoms with E-state index in [9.17, 15) is 4.21 Å². The molecule has 0 aromatic rings. The molecule has 0 radical (unpaired) electrons. The van der Waals surface area contributed by atoms with Crippen LogP contribution in [0.25, 0.3) is 0 Å². The zero-order chi connectivity index (χ0) is 4.28. The SMILES string of the molecule is CCS(=O)O.[H-].[K+]. The van der Waals surface area contributed by atoms with Crippen LogP contribution in [-0.2, 0) is 11.1 Å². The Kier molecular flexibility index (Phi) is 12.0. The molecule has 1 unspecified atom stereocenters. The van der Waals surface area contributed by atoms with Gasteiger partial charge in [-0.2, -0.15) is 0 Å². The number of hydrogen-bond donors (Lipinski definition) is 1. The van der Waals surface area contributed by atoms with Gasteiger partial charge in [0.15, 0.2) is 11.1 Å². The zero-order valence-corrected chi connectivity index (χ0v) is 7.91. The first-order valence-corrected chi connectivity index (χ1v) is 2.62. The average molecular weight is 134 g/mol. The van der Waals surface area contributed by atoms with Gasteiger partial charge in [0.25, 0.3) is 0 Å². The summed E-state index contributed by atoms with van der Waals surface area (Å²) in [4.78, 5) is 0. The van der Waals surface area contributed by atoms with Gasteiger partial charge in [-0.1, -0.05) is 6.92 Å². The van der Waals surface area contributed by atoms with E-state index in [1.54, 1.807) is 6.92 Å². The van der Waals surface area contributed by atoms with E-state index in [-0.39, 0.29) is 52.8 Å². The molecule has 0 aliphatic heterocycles. The summed E-state index contributed by atoms with van der Waals surface area (Å²) in [5.41, 5.74) is 0. The maximum absolute atomic E-state index is 9.48. The van der Waals surface area contributed by atoms with E-state index >= 15 is 0 Å². The van der Waals surface area contributed by atoms with Gasteiger partial charge in [0.05, 0.1) is 0 Å². The summed E-state index contributed by atoms with van der Waals surface area (Å²) in [6, 6.07) is 0. The Labute approximate surface area is 83.9 Å². The maximum atomic E-state index is 9.48. The minimum atomic E-state index is -1.57. The zero-order valence-electron chi connectivity index (χ0n) is 4.97. The normalized spacial score (nSPS) is 12.3. The van der Waals surface area contributed by atoms with Crippen LogP contribution in [0.5, 0.6) is 0 Å². The minimum Gasteiger partial charge on any atom is -1.00 e. The fraction of sp³-hybridized carbons (Fsp3) is 1.00. The van der Waals surface area contributed by atoms with Crippen molar-refractivity contribution in [3.05, 3.63) is 0 Å². The van der Waals surface area contributed by atoms with E-state index < -0.39 is 11.1 Å². The molecule has 0 saturated heterocycles. The van der Waals surface area contributed by atoms with Crippen molar-refractivity contribution in [3.8, 4) is 0 Å². The molecule has 0 bridgehead atoms. The fourth-order valence-electron chi connectivity index (χ4n) is 0. The molecule has 0 aromatic heterocycles. The Balaban J connectivity index is -0.0000000800. The second kappa shape index (κ2) is 6.75. The van der Waals surface area contributed by atoms with Crippen LogP contribution in [0.3, 0.4) is 0 Å². The van der Waals surface area contributed by atoms with Gasteiger partial charge in [-0.25, -0.2) is 4.21 Å². The Morgan fingerprint density at radius 3 is 2.17 bits per heavy atom. The van der Waals surface area contributed by atoms with Crippen LogP contribution >= 0.6 is 0 Å². The van der Waals surface area contributed by atoms with Crippen molar-refractivity contribution in [2.24, 2.45) is 0 Å². The molecule has 0 spiro atoms. The predicted molar refractivity (Wildman–Crippen MR) is 22.4 cm³/mol. The van der Waals surface area contributed by atoms with E-state index in [1.807, 2.05) is 0 Å². The van der Waals surface area contributed by atoms with E-state index in [4.69, 9.17) is 4.55 Å². The van der Waals surface area contributed by atoms with Crippen LogP contribution in [0.1, 0.15) is 8.35 Å². The summed E-state index contributed by atoms with van der Waals surface area (Å²) in [5, 5.41) is 0. The molecule has 0 amide bonds. The maximum Gasteiger partial charge on any atom is 1.00 e. The smallest absolute Gasteiger partial charge is 1.00 e. The average Bonchev–Trinajstić information content (AvgIpc) is 1.38.